The van der Waals surface area contributed by atoms with E-state index in [-0.39, 0.29) is 42.0 Å². The Morgan fingerprint density at radius 1 is 0.959 bits per heavy atom. The first-order chi connectivity index (χ1) is 23.3. The van der Waals surface area contributed by atoms with Gasteiger partial charge in [-0.1, -0.05) is 63.4 Å². The maximum absolute atomic E-state index is 14.8. The lowest BCUT2D eigenvalue weighted by Crippen LogP contribution is -2.59. The zero-order valence-electron chi connectivity index (χ0n) is 28.7. The van der Waals surface area contributed by atoms with Crippen molar-refractivity contribution >= 4 is 28.4 Å². The number of aryl methyl sites for hydroxylation is 1. The summed E-state index contributed by atoms with van der Waals surface area (Å²) >= 11 is 0. The van der Waals surface area contributed by atoms with Gasteiger partial charge < -0.3 is 24.7 Å². The summed E-state index contributed by atoms with van der Waals surface area (Å²) in [6.07, 6.45) is -1.03. The maximum Gasteiger partial charge on any atom is 0.416 e. The van der Waals surface area contributed by atoms with E-state index < -0.39 is 17.3 Å². The van der Waals surface area contributed by atoms with E-state index in [1.807, 2.05) is 12.1 Å². The minimum Gasteiger partial charge on any atom is -0.497 e. The van der Waals surface area contributed by atoms with Crippen molar-refractivity contribution in [3.05, 3.63) is 89.1 Å². The van der Waals surface area contributed by atoms with Crippen molar-refractivity contribution in [3.8, 4) is 11.5 Å². The number of methoxy groups -OCH3 is 2. The van der Waals surface area contributed by atoms with E-state index in [9.17, 15) is 22.8 Å². The summed E-state index contributed by atoms with van der Waals surface area (Å²) < 4.78 is 51.2. The fourth-order valence-corrected chi connectivity index (χ4v) is 8.05. The number of hydrogen-bond acceptors (Lipinski definition) is 4. The molecule has 260 valence electrons. The van der Waals surface area contributed by atoms with Gasteiger partial charge in [0.15, 0.2) is 0 Å². The van der Waals surface area contributed by atoms with Crippen molar-refractivity contribution < 1.29 is 32.2 Å². The molecular weight excluding hydrogens is 631 g/mol. The number of para-hydroxylation sites is 1. The summed E-state index contributed by atoms with van der Waals surface area (Å²) in [4.78, 5) is 34.5. The molecule has 2 N–H and O–H groups in total. The van der Waals surface area contributed by atoms with Gasteiger partial charge in [-0.3, -0.25) is 9.59 Å². The lowest BCUT2D eigenvalue weighted by molar-refractivity contribution is -0.149. The average Bonchev–Trinajstić information content (AvgIpc) is 3.43. The van der Waals surface area contributed by atoms with Crippen LogP contribution in [0.2, 0.25) is 0 Å². The number of halogens is 3. The van der Waals surface area contributed by atoms with Crippen LogP contribution in [0.4, 0.5) is 18.9 Å². The highest BCUT2D eigenvalue weighted by Gasteiger charge is 2.60. The van der Waals surface area contributed by atoms with Crippen LogP contribution in [0, 0.1) is 18.3 Å². The average molecular weight is 676 g/mol. The molecule has 1 aromatic heterocycles. The maximum atomic E-state index is 14.8. The van der Waals surface area contributed by atoms with Crippen LogP contribution in [0.3, 0.4) is 0 Å². The van der Waals surface area contributed by atoms with Gasteiger partial charge in [-0.15, -0.1) is 0 Å². The fraction of sp³-hybridized carbons (Fsp3) is 0.436. The molecule has 0 radical (unpaired) electrons. The molecule has 2 aliphatic rings. The first-order valence-electron chi connectivity index (χ1n) is 16.9. The molecule has 0 bridgehead atoms. The molecule has 0 saturated heterocycles. The minimum absolute atomic E-state index is 0.00800. The first kappa shape index (κ1) is 34.4. The molecule has 0 unspecified atom stereocenters. The lowest BCUT2D eigenvalue weighted by Gasteiger charge is -2.45. The molecule has 1 heterocycles. The predicted molar refractivity (Wildman–Crippen MR) is 184 cm³/mol. The Balaban J connectivity index is 1.36. The Morgan fingerprint density at radius 3 is 2.31 bits per heavy atom. The number of amides is 2. The molecule has 2 atom stereocenters. The SMILES string of the molecule is COc1ccc(NC(=O)C2(N(Cc3ccc(C(F)(F)F)cc3)C(=O)C[C@@H]3[C@@H](c4c(C)[nH]c5ccccc45)C3(C)C)CCCCC2)c(OC)c1. The van der Waals surface area contributed by atoms with Gasteiger partial charge in [-0.25, -0.2) is 0 Å². The molecule has 3 aromatic carbocycles. The number of carbonyl (C=O) groups is 2. The number of benzene rings is 3. The number of fused-ring (bicyclic) bond motifs is 1. The smallest absolute Gasteiger partial charge is 0.416 e. The van der Waals surface area contributed by atoms with Crippen LogP contribution in [0.1, 0.15) is 80.7 Å². The van der Waals surface area contributed by atoms with Crippen LogP contribution in [-0.4, -0.2) is 41.5 Å². The largest absolute Gasteiger partial charge is 0.497 e. The number of aromatic amines is 1. The van der Waals surface area contributed by atoms with Crippen LogP contribution in [0.15, 0.2) is 66.7 Å². The second kappa shape index (κ2) is 13.1. The number of alkyl halides is 3. The molecule has 4 aromatic rings. The van der Waals surface area contributed by atoms with E-state index in [4.69, 9.17) is 9.47 Å². The summed E-state index contributed by atoms with van der Waals surface area (Å²) in [5.74, 6) is 0.592. The summed E-state index contributed by atoms with van der Waals surface area (Å²) in [6.45, 7) is 6.43. The molecule has 0 aliphatic heterocycles. The molecule has 0 spiro atoms. The standard InChI is InChI=1S/C39H44F3N3O4/c1-24-34(28-11-7-8-12-30(28)43-24)35-29(37(35,2)3)22-33(46)45(23-25-13-15-26(16-14-25)39(40,41)42)38(19-9-6-10-20-38)36(47)44-31-18-17-27(48-4)21-32(31)49-5/h7-8,11-18,21,29,35,43H,6,9-10,19-20,22-23H2,1-5H3,(H,44,47)/t29-,35+/m1/s1. The zero-order chi connectivity index (χ0) is 35.1. The van der Waals surface area contributed by atoms with Crippen molar-refractivity contribution in [1.82, 2.24) is 9.88 Å². The summed E-state index contributed by atoms with van der Waals surface area (Å²) in [5, 5.41) is 4.20. The number of nitrogens with one attached hydrogen (secondary N) is 2. The van der Waals surface area contributed by atoms with Crippen molar-refractivity contribution in [1.29, 1.82) is 0 Å². The molecular formula is C39H44F3N3O4. The number of ether oxygens (including phenoxy) is 2. The minimum atomic E-state index is -4.48. The van der Waals surface area contributed by atoms with Gasteiger partial charge in [0.05, 0.1) is 25.5 Å². The van der Waals surface area contributed by atoms with E-state index in [0.717, 1.165) is 48.0 Å². The number of hydrogen-bond donors (Lipinski definition) is 2. The van der Waals surface area contributed by atoms with E-state index >= 15 is 0 Å². The Bertz CT molecular complexity index is 1840. The van der Waals surface area contributed by atoms with Crippen molar-refractivity contribution in [2.24, 2.45) is 11.3 Å². The topological polar surface area (TPSA) is 83.7 Å². The Kier molecular flexibility index (Phi) is 9.19. The first-order valence-corrected chi connectivity index (χ1v) is 16.9. The zero-order valence-corrected chi connectivity index (χ0v) is 28.7. The Morgan fingerprint density at radius 2 is 1.65 bits per heavy atom. The normalized spacial score (nSPS) is 19.7. The van der Waals surface area contributed by atoms with Gasteiger partial charge >= 0.3 is 6.18 Å². The molecule has 2 fully saturated rings. The van der Waals surface area contributed by atoms with Crippen molar-refractivity contribution in [2.75, 3.05) is 19.5 Å². The van der Waals surface area contributed by atoms with Gasteiger partial charge in [-0.05, 0) is 78.5 Å². The highest BCUT2D eigenvalue weighted by Crippen LogP contribution is 2.67. The van der Waals surface area contributed by atoms with E-state index in [1.54, 1.807) is 30.2 Å². The summed E-state index contributed by atoms with van der Waals surface area (Å²) in [5.41, 5.74) is 2.16. The molecule has 2 amide bonds. The Labute approximate surface area is 285 Å². The lowest BCUT2D eigenvalue weighted by atomic mass is 9.78. The third-order valence-corrected chi connectivity index (χ3v) is 10.9. The van der Waals surface area contributed by atoms with E-state index in [1.165, 1.54) is 24.8 Å². The monoisotopic (exact) mass is 675 g/mol. The third-order valence-electron chi connectivity index (χ3n) is 10.9. The number of nitrogens with zero attached hydrogens (tertiary/aromatic N) is 1. The predicted octanol–water partition coefficient (Wildman–Crippen LogP) is 9.01. The van der Waals surface area contributed by atoms with E-state index in [0.29, 0.717) is 35.6 Å². The molecule has 2 saturated carbocycles. The second-order valence-electron chi connectivity index (χ2n) is 14.1. The van der Waals surface area contributed by atoms with Crippen LogP contribution >= 0.6 is 0 Å². The number of carbonyl (C=O) groups excluding carboxylic acids is 2. The van der Waals surface area contributed by atoms with Gasteiger partial charge in [0.1, 0.15) is 17.0 Å². The van der Waals surface area contributed by atoms with Crippen molar-refractivity contribution in [2.45, 2.75) is 83.5 Å². The third kappa shape index (κ3) is 6.49. The number of H-pyrrole nitrogens is 1. The van der Waals surface area contributed by atoms with Crippen LogP contribution in [0.25, 0.3) is 10.9 Å². The quantitative estimate of drug-likeness (QED) is 0.176. The van der Waals surface area contributed by atoms with Gasteiger partial charge in [0, 0.05) is 35.6 Å². The summed E-state index contributed by atoms with van der Waals surface area (Å²) in [6, 6.07) is 18.2. The summed E-state index contributed by atoms with van der Waals surface area (Å²) in [7, 11) is 3.05. The van der Waals surface area contributed by atoms with Crippen LogP contribution in [-0.2, 0) is 22.3 Å². The molecule has 7 nitrogen and oxygen atoms in total. The van der Waals surface area contributed by atoms with Crippen LogP contribution in [0.5, 0.6) is 11.5 Å². The molecule has 49 heavy (non-hydrogen) atoms. The van der Waals surface area contributed by atoms with Crippen molar-refractivity contribution in [3.63, 3.8) is 0 Å². The molecule has 6 rings (SSSR count). The second-order valence-corrected chi connectivity index (χ2v) is 14.1. The van der Waals surface area contributed by atoms with Crippen LogP contribution < -0.4 is 14.8 Å². The van der Waals surface area contributed by atoms with Gasteiger partial charge in [0.2, 0.25) is 11.8 Å². The van der Waals surface area contributed by atoms with E-state index in [2.05, 4.69) is 43.2 Å². The van der Waals surface area contributed by atoms with Gasteiger partial charge in [-0.2, -0.15) is 13.2 Å². The van der Waals surface area contributed by atoms with Gasteiger partial charge in [0.25, 0.3) is 0 Å². The number of aromatic nitrogens is 1. The number of anilines is 1. The Hall–Kier alpha value is -4.47. The highest BCUT2D eigenvalue weighted by molar-refractivity contribution is 6.01. The fourth-order valence-electron chi connectivity index (χ4n) is 8.05. The highest BCUT2D eigenvalue weighted by atomic mass is 19.4. The molecule has 10 heteroatoms. The molecule has 2 aliphatic carbocycles. The number of rotatable bonds is 10.